The van der Waals surface area contributed by atoms with Gasteiger partial charge in [0.15, 0.2) is 0 Å². The second-order valence-electron chi connectivity index (χ2n) is 5.57. The maximum atomic E-state index is 6.19. The summed E-state index contributed by atoms with van der Waals surface area (Å²) < 4.78 is 5.88. The third kappa shape index (κ3) is 5.70. The maximum absolute atomic E-state index is 6.19. The first-order valence-corrected chi connectivity index (χ1v) is 7.96. The molecule has 0 bridgehead atoms. The van der Waals surface area contributed by atoms with E-state index in [0.29, 0.717) is 0 Å². The van der Waals surface area contributed by atoms with E-state index in [1.807, 2.05) is 36.4 Å². The van der Waals surface area contributed by atoms with Crippen LogP contribution in [0, 0.1) is 5.92 Å². The molecule has 3 rings (SSSR count). The van der Waals surface area contributed by atoms with Gasteiger partial charge in [-0.1, -0.05) is 23.7 Å². The molecule has 23 heavy (non-hydrogen) atoms. The molecule has 128 valence electrons. The first-order valence-electron chi connectivity index (χ1n) is 7.58. The summed E-state index contributed by atoms with van der Waals surface area (Å²) in [5.41, 5.74) is 0.948. The van der Waals surface area contributed by atoms with E-state index in [4.69, 9.17) is 16.0 Å². The normalized spacial score (nSPS) is 14.8. The monoisotopic (exact) mass is 374 g/mol. The Kier molecular flexibility index (Phi) is 9.03. The highest BCUT2D eigenvalue weighted by molar-refractivity contribution is 6.33. The van der Waals surface area contributed by atoms with E-state index in [9.17, 15) is 0 Å². The topological polar surface area (TPSA) is 37.2 Å². The summed E-state index contributed by atoms with van der Waals surface area (Å²) in [6.07, 6.45) is 2.52. The Labute approximate surface area is 155 Å². The van der Waals surface area contributed by atoms with Gasteiger partial charge in [0, 0.05) is 5.56 Å². The fourth-order valence-electron chi connectivity index (χ4n) is 2.76. The van der Waals surface area contributed by atoms with E-state index in [0.717, 1.165) is 54.2 Å². The van der Waals surface area contributed by atoms with Gasteiger partial charge in [0.25, 0.3) is 0 Å². The van der Waals surface area contributed by atoms with Crippen molar-refractivity contribution in [3.63, 3.8) is 0 Å². The Morgan fingerprint density at radius 2 is 1.83 bits per heavy atom. The molecule has 2 aromatic rings. The van der Waals surface area contributed by atoms with Crippen molar-refractivity contribution >= 4 is 11.6 Å². The molecule has 0 amide bonds. The van der Waals surface area contributed by atoms with Crippen LogP contribution < -0.4 is 35.4 Å². The Balaban J connectivity index is 0.00000132. The number of benzene rings is 1. The number of furan rings is 1. The number of nitrogens with one attached hydrogen (secondary N) is 2. The number of piperidine rings is 1. The van der Waals surface area contributed by atoms with Crippen molar-refractivity contribution in [3.8, 4) is 11.3 Å². The zero-order valence-corrected chi connectivity index (χ0v) is 15.1. The molecule has 1 aliphatic rings. The highest BCUT2D eigenvalue weighted by Crippen LogP contribution is 2.28. The molecule has 2 heterocycles. The fourth-order valence-corrected chi connectivity index (χ4v) is 2.99. The predicted molar refractivity (Wildman–Crippen MR) is 86.5 cm³/mol. The molecular weight excluding hydrogens is 355 g/mol. The van der Waals surface area contributed by atoms with Gasteiger partial charge in [0.1, 0.15) is 11.5 Å². The predicted octanol–water partition coefficient (Wildman–Crippen LogP) is -2.30. The standard InChI is InChI=1S/C17H21ClN2O.2ClH/c18-16-4-2-1-3-15(16)17-6-5-14(21-17)12-20-11-13-7-9-19-10-8-13;;/h1-6,13,19-20H,7-12H2;2*1H/p-2. The van der Waals surface area contributed by atoms with Gasteiger partial charge >= 0.3 is 0 Å². The highest BCUT2D eigenvalue weighted by atomic mass is 35.5. The maximum Gasteiger partial charge on any atom is 0.135 e. The molecule has 1 aromatic carbocycles. The summed E-state index contributed by atoms with van der Waals surface area (Å²) >= 11 is 6.19. The quantitative estimate of drug-likeness (QED) is 0.617. The van der Waals surface area contributed by atoms with E-state index in [1.165, 1.54) is 12.8 Å². The SMILES string of the molecule is Clc1ccccc1-c1ccc(CNCC2CCNCC2)o1.[Cl-].[Cl-]. The largest absolute Gasteiger partial charge is 1.00 e. The van der Waals surface area contributed by atoms with Crippen molar-refractivity contribution in [2.75, 3.05) is 19.6 Å². The van der Waals surface area contributed by atoms with Crippen LogP contribution in [0.1, 0.15) is 18.6 Å². The van der Waals surface area contributed by atoms with Crippen LogP contribution in [0.15, 0.2) is 40.8 Å². The first-order chi connectivity index (χ1) is 10.3. The van der Waals surface area contributed by atoms with Gasteiger partial charge in [-0.15, -0.1) is 0 Å². The lowest BCUT2D eigenvalue weighted by atomic mass is 9.98. The van der Waals surface area contributed by atoms with Gasteiger partial charge in [-0.2, -0.15) is 0 Å². The lowest BCUT2D eigenvalue weighted by molar-refractivity contribution is -0.001000. The Morgan fingerprint density at radius 1 is 1.09 bits per heavy atom. The smallest absolute Gasteiger partial charge is 0.135 e. The van der Waals surface area contributed by atoms with Gasteiger partial charge in [-0.25, -0.2) is 0 Å². The minimum atomic E-state index is 0. The van der Waals surface area contributed by atoms with Crippen molar-refractivity contribution in [3.05, 3.63) is 47.2 Å². The highest BCUT2D eigenvalue weighted by Gasteiger charge is 2.13. The molecule has 0 saturated carbocycles. The van der Waals surface area contributed by atoms with E-state index in [-0.39, 0.29) is 24.8 Å². The van der Waals surface area contributed by atoms with Crippen LogP contribution in [0.3, 0.4) is 0 Å². The minimum absolute atomic E-state index is 0. The average molecular weight is 376 g/mol. The minimum Gasteiger partial charge on any atom is -1.00 e. The zero-order chi connectivity index (χ0) is 14.5. The van der Waals surface area contributed by atoms with Crippen LogP contribution in [0.4, 0.5) is 0 Å². The summed E-state index contributed by atoms with van der Waals surface area (Å²) in [6.45, 7) is 4.12. The third-order valence-corrected chi connectivity index (χ3v) is 4.32. The summed E-state index contributed by atoms with van der Waals surface area (Å²) in [6, 6.07) is 11.8. The molecule has 0 aliphatic carbocycles. The molecule has 0 unspecified atom stereocenters. The summed E-state index contributed by atoms with van der Waals surface area (Å²) in [4.78, 5) is 0. The second kappa shape index (κ2) is 10.2. The van der Waals surface area contributed by atoms with E-state index >= 15 is 0 Å². The Bertz CT molecular complexity index is 583. The third-order valence-electron chi connectivity index (χ3n) is 3.99. The van der Waals surface area contributed by atoms with Crippen LogP contribution in [0.2, 0.25) is 5.02 Å². The number of rotatable bonds is 5. The van der Waals surface area contributed by atoms with Gasteiger partial charge in [-0.3, -0.25) is 0 Å². The second-order valence-corrected chi connectivity index (χ2v) is 5.98. The summed E-state index contributed by atoms with van der Waals surface area (Å²) in [7, 11) is 0. The molecule has 0 spiro atoms. The van der Waals surface area contributed by atoms with Crippen molar-refractivity contribution in [2.45, 2.75) is 19.4 Å². The van der Waals surface area contributed by atoms with Crippen LogP contribution >= 0.6 is 11.6 Å². The van der Waals surface area contributed by atoms with Crippen LogP contribution in [0.25, 0.3) is 11.3 Å². The van der Waals surface area contributed by atoms with Crippen molar-refractivity contribution in [2.24, 2.45) is 5.92 Å². The zero-order valence-electron chi connectivity index (χ0n) is 12.8. The van der Waals surface area contributed by atoms with Gasteiger partial charge in [0.2, 0.25) is 0 Å². The molecule has 3 nitrogen and oxygen atoms in total. The molecule has 1 aromatic heterocycles. The van der Waals surface area contributed by atoms with Crippen LogP contribution in [-0.4, -0.2) is 19.6 Å². The van der Waals surface area contributed by atoms with Crippen molar-refractivity contribution in [1.29, 1.82) is 0 Å². The molecule has 6 heteroatoms. The number of hydrogen-bond acceptors (Lipinski definition) is 3. The van der Waals surface area contributed by atoms with E-state index in [1.54, 1.807) is 0 Å². The first kappa shape index (κ1) is 20.3. The average Bonchev–Trinajstić information content (AvgIpc) is 2.97. The Hall–Kier alpha value is -0.710. The number of halogens is 3. The van der Waals surface area contributed by atoms with E-state index in [2.05, 4.69) is 10.6 Å². The molecule has 1 saturated heterocycles. The summed E-state index contributed by atoms with van der Waals surface area (Å²) in [5, 5.41) is 7.61. The Morgan fingerprint density at radius 3 is 2.57 bits per heavy atom. The molecule has 1 fully saturated rings. The van der Waals surface area contributed by atoms with Crippen molar-refractivity contribution in [1.82, 2.24) is 10.6 Å². The fraction of sp³-hybridized carbons (Fsp3) is 0.412. The van der Waals surface area contributed by atoms with Crippen LogP contribution in [0.5, 0.6) is 0 Å². The van der Waals surface area contributed by atoms with E-state index < -0.39 is 0 Å². The molecule has 0 radical (unpaired) electrons. The number of hydrogen-bond donors (Lipinski definition) is 2. The van der Waals surface area contributed by atoms with Crippen LogP contribution in [-0.2, 0) is 6.54 Å². The molecule has 0 atom stereocenters. The van der Waals surface area contributed by atoms with Gasteiger partial charge in [-0.05, 0) is 62.7 Å². The van der Waals surface area contributed by atoms with Gasteiger partial charge < -0.3 is 39.9 Å². The van der Waals surface area contributed by atoms with Gasteiger partial charge in [0.05, 0.1) is 11.6 Å². The summed E-state index contributed by atoms with van der Waals surface area (Å²) in [5.74, 6) is 2.57. The molecular formula is C17H21Cl3N2O-2. The lowest BCUT2D eigenvalue weighted by Gasteiger charge is -2.22. The van der Waals surface area contributed by atoms with Crippen molar-refractivity contribution < 1.29 is 29.2 Å². The lowest BCUT2D eigenvalue weighted by Crippen LogP contribution is -3.00. The molecule has 1 aliphatic heterocycles. The molecule has 2 N–H and O–H groups in total.